The van der Waals surface area contributed by atoms with E-state index in [1.807, 2.05) is 28.8 Å². The van der Waals surface area contributed by atoms with Crippen LogP contribution in [0.4, 0.5) is 4.39 Å². The number of aliphatic hydroxyl groups is 2. The van der Waals surface area contributed by atoms with Crippen molar-refractivity contribution in [3.05, 3.63) is 54.3 Å². The molecule has 5 heteroatoms. The normalized spacial score (nSPS) is 12.7. The smallest absolute Gasteiger partial charge is 0.141 e. The average molecular weight is 286 g/mol. The molecule has 21 heavy (non-hydrogen) atoms. The van der Waals surface area contributed by atoms with Crippen LogP contribution in [0.2, 0.25) is 0 Å². The zero-order valence-corrected chi connectivity index (χ0v) is 11.3. The van der Waals surface area contributed by atoms with E-state index < -0.39 is 6.10 Å². The van der Waals surface area contributed by atoms with Gasteiger partial charge >= 0.3 is 0 Å². The Labute approximate surface area is 121 Å². The number of aromatic nitrogens is 2. The first-order valence-corrected chi connectivity index (χ1v) is 6.69. The molecule has 0 saturated heterocycles. The zero-order valence-electron chi connectivity index (χ0n) is 11.3. The van der Waals surface area contributed by atoms with E-state index in [0.717, 1.165) is 16.6 Å². The summed E-state index contributed by atoms with van der Waals surface area (Å²) in [4.78, 5) is 4.55. The Morgan fingerprint density at radius 3 is 2.52 bits per heavy atom. The number of aliphatic hydroxyl groups excluding tert-OH is 2. The van der Waals surface area contributed by atoms with Crippen LogP contribution in [0.1, 0.15) is 0 Å². The summed E-state index contributed by atoms with van der Waals surface area (Å²) in [6.45, 7) is -0.0981. The Morgan fingerprint density at radius 1 is 1.10 bits per heavy atom. The second-order valence-electron chi connectivity index (χ2n) is 4.88. The van der Waals surface area contributed by atoms with Crippen LogP contribution in [0.5, 0.6) is 0 Å². The molecule has 2 N–H and O–H groups in total. The molecule has 2 aromatic carbocycles. The molecule has 0 spiro atoms. The van der Waals surface area contributed by atoms with Crippen LogP contribution in [-0.2, 0) is 6.54 Å². The van der Waals surface area contributed by atoms with Gasteiger partial charge in [-0.2, -0.15) is 0 Å². The van der Waals surface area contributed by atoms with Crippen molar-refractivity contribution in [2.24, 2.45) is 0 Å². The molecule has 108 valence electrons. The van der Waals surface area contributed by atoms with Gasteiger partial charge in [0.1, 0.15) is 11.6 Å². The van der Waals surface area contributed by atoms with Gasteiger partial charge in [0, 0.05) is 5.56 Å². The van der Waals surface area contributed by atoms with Crippen LogP contribution < -0.4 is 0 Å². The number of para-hydroxylation sites is 2. The van der Waals surface area contributed by atoms with Crippen molar-refractivity contribution in [1.29, 1.82) is 0 Å². The Balaban J connectivity index is 2.16. The molecule has 0 bridgehead atoms. The number of fused-ring (bicyclic) bond motifs is 1. The van der Waals surface area contributed by atoms with E-state index in [1.54, 1.807) is 12.1 Å². The Morgan fingerprint density at radius 2 is 1.81 bits per heavy atom. The molecule has 4 nitrogen and oxygen atoms in total. The van der Waals surface area contributed by atoms with Crippen molar-refractivity contribution < 1.29 is 14.6 Å². The second-order valence-corrected chi connectivity index (χ2v) is 4.88. The molecule has 0 aliphatic rings. The number of halogens is 1. The van der Waals surface area contributed by atoms with Gasteiger partial charge in [0.15, 0.2) is 0 Å². The molecule has 0 unspecified atom stereocenters. The van der Waals surface area contributed by atoms with Gasteiger partial charge < -0.3 is 14.8 Å². The largest absolute Gasteiger partial charge is 0.394 e. The lowest BCUT2D eigenvalue weighted by molar-refractivity contribution is 0.0824. The first kappa shape index (κ1) is 13.7. The molecule has 0 amide bonds. The van der Waals surface area contributed by atoms with Gasteiger partial charge in [0.25, 0.3) is 0 Å². The zero-order chi connectivity index (χ0) is 14.8. The van der Waals surface area contributed by atoms with Gasteiger partial charge in [-0.05, 0) is 36.4 Å². The summed E-state index contributed by atoms with van der Waals surface area (Å²) < 4.78 is 14.9. The molecular formula is C16H15FN2O2. The van der Waals surface area contributed by atoms with Gasteiger partial charge in [-0.25, -0.2) is 9.37 Å². The summed E-state index contributed by atoms with van der Waals surface area (Å²) in [6.07, 6.45) is -0.873. The van der Waals surface area contributed by atoms with Gasteiger partial charge in [0.05, 0.1) is 30.3 Å². The molecule has 0 aliphatic heterocycles. The molecule has 3 rings (SSSR count). The summed E-state index contributed by atoms with van der Waals surface area (Å²) in [5.41, 5.74) is 2.42. The maximum absolute atomic E-state index is 13.1. The lowest BCUT2D eigenvalue weighted by atomic mass is 10.2. The van der Waals surface area contributed by atoms with E-state index in [2.05, 4.69) is 4.98 Å². The van der Waals surface area contributed by atoms with Gasteiger partial charge in [-0.1, -0.05) is 12.1 Å². The van der Waals surface area contributed by atoms with Gasteiger partial charge in [-0.15, -0.1) is 0 Å². The Kier molecular flexibility index (Phi) is 3.68. The third-order valence-corrected chi connectivity index (χ3v) is 3.36. The first-order chi connectivity index (χ1) is 10.2. The van der Waals surface area contributed by atoms with E-state index in [1.165, 1.54) is 12.1 Å². The second kappa shape index (κ2) is 5.63. The van der Waals surface area contributed by atoms with Crippen LogP contribution in [0.15, 0.2) is 48.5 Å². The fourth-order valence-electron chi connectivity index (χ4n) is 2.35. The fourth-order valence-corrected chi connectivity index (χ4v) is 2.35. The minimum absolute atomic E-state index is 0.226. The summed E-state index contributed by atoms with van der Waals surface area (Å²) in [7, 11) is 0. The SMILES string of the molecule is OC[C@H](O)Cn1c(-c2ccc(F)cc2)nc2ccccc21. The molecular weight excluding hydrogens is 271 g/mol. The minimum atomic E-state index is -0.873. The molecule has 1 heterocycles. The van der Waals surface area contributed by atoms with Crippen molar-refractivity contribution in [2.75, 3.05) is 6.61 Å². The summed E-state index contributed by atoms with van der Waals surface area (Å²) >= 11 is 0. The van der Waals surface area contributed by atoms with Crippen molar-refractivity contribution in [3.63, 3.8) is 0 Å². The van der Waals surface area contributed by atoms with Gasteiger partial charge in [0.2, 0.25) is 0 Å². The number of imidazole rings is 1. The minimum Gasteiger partial charge on any atom is -0.394 e. The van der Waals surface area contributed by atoms with E-state index in [0.29, 0.717) is 5.82 Å². The topological polar surface area (TPSA) is 58.3 Å². The maximum Gasteiger partial charge on any atom is 0.141 e. The lowest BCUT2D eigenvalue weighted by Crippen LogP contribution is -2.20. The van der Waals surface area contributed by atoms with Crippen LogP contribution in [-0.4, -0.2) is 32.5 Å². The lowest BCUT2D eigenvalue weighted by Gasteiger charge is -2.12. The number of hydrogen-bond acceptors (Lipinski definition) is 3. The average Bonchev–Trinajstić information content (AvgIpc) is 2.87. The predicted octanol–water partition coefficient (Wildman–Crippen LogP) is 2.20. The molecule has 3 aromatic rings. The van der Waals surface area contributed by atoms with Crippen molar-refractivity contribution in [1.82, 2.24) is 9.55 Å². The van der Waals surface area contributed by atoms with Crippen molar-refractivity contribution in [2.45, 2.75) is 12.6 Å². The highest BCUT2D eigenvalue weighted by Crippen LogP contribution is 2.25. The maximum atomic E-state index is 13.1. The predicted molar refractivity (Wildman–Crippen MR) is 78.2 cm³/mol. The standard InChI is InChI=1S/C16H15FN2O2/c17-12-7-5-11(6-8-12)16-18-14-3-1-2-4-15(14)19(16)9-13(21)10-20/h1-8,13,20-21H,9-10H2/t13-/m1/s1. The van der Waals surface area contributed by atoms with Crippen molar-refractivity contribution in [3.8, 4) is 11.4 Å². The summed E-state index contributed by atoms with van der Waals surface area (Å²) in [5, 5.41) is 18.8. The van der Waals surface area contributed by atoms with Crippen LogP contribution >= 0.6 is 0 Å². The highest BCUT2D eigenvalue weighted by Gasteiger charge is 2.15. The van der Waals surface area contributed by atoms with E-state index in [-0.39, 0.29) is 19.0 Å². The molecule has 1 atom stereocenters. The van der Waals surface area contributed by atoms with Crippen LogP contribution in [0, 0.1) is 5.82 Å². The first-order valence-electron chi connectivity index (χ1n) is 6.69. The van der Waals surface area contributed by atoms with Crippen LogP contribution in [0.25, 0.3) is 22.4 Å². The van der Waals surface area contributed by atoms with E-state index in [4.69, 9.17) is 5.11 Å². The Hall–Kier alpha value is -2.24. The molecule has 0 fully saturated rings. The van der Waals surface area contributed by atoms with E-state index >= 15 is 0 Å². The quantitative estimate of drug-likeness (QED) is 0.773. The molecule has 0 radical (unpaired) electrons. The Bertz CT molecular complexity index is 753. The van der Waals surface area contributed by atoms with E-state index in [9.17, 15) is 9.50 Å². The third-order valence-electron chi connectivity index (χ3n) is 3.36. The molecule has 1 aromatic heterocycles. The van der Waals surface area contributed by atoms with Crippen molar-refractivity contribution >= 4 is 11.0 Å². The number of benzene rings is 2. The number of nitrogens with zero attached hydrogens (tertiary/aromatic N) is 2. The number of rotatable bonds is 4. The van der Waals surface area contributed by atoms with Gasteiger partial charge in [-0.3, -0.25) is 0 Å². The van der Waals surface area contributed by atoms with Crippen LogP contribution in [0.3, 0.4) is 0 Å². The third kappa shape index (κ3) is 2.66. The highest BCUT2D eigenvalue weighted by molar-refractivity contribution is 5.80. The highest BCUT2D eigenvalue weighted by atomic mass is 19.1. The number of hydrogen-bond donors (Lipinski definition) is 2. The summed E-state index contributed by atoms with van der Waals surface area (Å²) in [6, 6.07) is 13.6. The summed E-state index contributed by atoms with van der Waals surface area (Å²) in [5.74, 6) is 0.334. The fraction of sp³-hybridized carbons (Fsp3) is 0.188. The monoisotopic (exact) mass is 286 g/mol. The molecule has 0 saturated carbocycles. The molecule has 0 aliphatic carbocycles.